The zero-order chi connectivity index (χ0) is 20.8. The highest BCUT2D eigenvalue weighted by Crippen LogP contribution is 2.20. The van der Waals surface area contributed by atoms with E-state index in [1.165, 1.54) is 37.4 Å². The van der Waals surface area contributed by atoms with Crippen molar-refractivity contribution in [3.05, 3.63) is 65.5 Å². The third-order valence-corrected chi connectivity index (χ3v) is 4.67. The molecule has 0 N–H and O–H groups in total. The van der Waals surface area contributed by atoms with Crippen LogP contribution in [0.5, 0.6) is 0 Å². The van der Waals surface area contributed by atoms with E-state index in [2.05, 4.69) is 4.74 Å². The van der Waals surface area contributed by atoms with Gasteiger partial charge in [0.25, 0.3) is 5.91 Å². The van der Waals surface area contributed by atoms with E-state index in [4.69, 9.17) is 4.74 Å². The number of piperazine rings is 1. The molecular weight excluding hydrogens is 379 g/mol. The van der Waals surface area contributed by atoms with Gasteiger partial charge in [0.15, 0.2) is 6.61 Å². The molecule has 29 heavy (non-hydrogen) atoms. The first-order valence-corrected chi connectivity index (χ1v) is 9.12. The SMILES string of the molecule is COC(=O)c1cccc(C(=O)OCC(=O)N2CCN(c3ccccc3F)CC2)c1. The van der Waals surface area contributed by atoms with Gasteiger partial charge in [-0.05, 0) is 30.3 Å². The van der Waals surface area contributed by atoms with Crippen LogP contribution in [0.1, 0.15) is 20.7 Å². The van der Waals surface area contributed by atoms with Crippen LogP contribution in [0.4, 0.5) is 10.1 Å². The van der Waals surface area contributed by atoms with Crippen LogP contribution in [-0.2, 0) is 14.3 Å². The zero-order valence-electron chi connectivity index (χ0n) is 16.0. The van der Waals surface area contributed by atoms with Gasteiger partial charge < -0.3 is 19.3 Å². The summed E-state index contributed by atoms with van der Waals surface area (Å²) in [4.78, 5) is 39.5. The third kappa shape index (κ3) is 4.90. The number of ether oxygens (including phenoxy) is 2. The Morgan fingerprint density at radius 3 is 2.24 bits per heavy atom. The lowest BCUT2D eigenvalue weighted by Crippen LogP contribution is -2.50. The van der Waals surface area contributed by atoms with E-state index in [1.54, 1.807) is 23.1 Å². The maximum Gasteiger partial charge on any atom is 0.338 e. The Bertz CT molecular complexity index is 909. The molecule has 3 rings (SSSR count). The molecule has 0 unspecified atom stereocenters. The van der Waals surface area contributed by atoms with Crippen LogP contribution in [0.15, 0.2) is 48.5 Å². The Kier molecular flexibility index (Phi) is 6.43. The number of hydrogen-bond acceptors (Lipinski definition) is 6. The van der Waals surface area contributed by atoms with Gasteiger partial charge in [-0.15, -0.1) is 0 Å². The monoisotopic (exact) mass is 400 g/mol. The van der Waals surface area contributed by atoms with E-state index < -0.39 is 18.5 Å². The fraction of sp³-hybridized carbons (Fsp3) is 0.286. The Morgan fingerprint density at radius 1 is 0.931 bits per heavy atom. The maximum absolute atomic E-state index is 13.9. The molecule has 0 aromatic heterocycles. The predicted octanol–water partition coefficient (Wildman–Crippen LogP) is 2.12. The summed E-state index contributed by atoms with van der Waals surface area (Å²) in [6.45, 7) is 1.38. The molecule has 1 heterocycles. The fourth-order valence-electron chi connectivity index (χ4n) is 3.10. The number of esters is 2. The number of benzene rings is 2. The van der Waals surface area contributed by atoms with E-state index in [9.17, 15) is 18.8 Å². The molecule has 0 spiro atoms. The van der Waals surface area contributed by atoms with Crippen molar-refractivity contribution in [3.63, 3.8) is 0 Å². The van der Waals surface area contributed by atoms with Gasteiger partial charge in [-0.3, -0.25) is 4.79 Å². The Hall–Kier alpha value is -3.42. The van der Waals surface area contributed by atoms with Crippen LogP contribution in [-0.4, -0.2) is 62.6 Å². The second-order valence-electron chi connectivity index (χ2n) is 6.47. The van der Waals surface area contributed by atoms with Crippen LogP contribution in [0.2, 0.25) is 0 Å². The number of nitrogens with zero attached hydrogens (tertiary/aromatic N) is 2. The zero-order valence-corrected chi connectivity index (χ0v) is 16.0. The quantitative estimate of drug-likeness (QED) is 0.716. The lowest BCUT2D eigenvalue weighted by molar-refractivity contribution is -0.134. The molecular formula is C21H21FN2O5. The van der Waals surface area contributed by atoms with Crippen LogP contribution in [0.3, 0.4) is 0 Å². The Labute approximate surface area is 167 Å². The summed E-state index contributed by atoms with van der Waals surface area (Å²) in [5, 5.41) is 0. The highest BCUT2D eigenvalue weighted by molar-refractivity contribution is 5.96. The van der Waals surface area contributed by atoms with Gasteiger partial charge in [0, 0.05) is 26.2 Å². The highest BCUT2D eigenvalue weighted by atomic mass is 19.1. The molecule has 0 atom stereocenters. The number of para-hydroxylation sites is 1. The van der Waals surface area contributed by atoms with Gasteiger partial charge in [0.2, 0.25) is 0 Å². The van der Waals surface area contributed by atoms with Gasteiger partial charge in [0.05, 0.1) is 23.9 Å². The normalized spacial score (nSPS) is 13.7. The van der Waals surface area contributed by atoms with Crippen molar-refractivity contribution in [2.24, 2.45) is 0 Å². The number of anilines is 1. The molecule has 1 aliphatic rings. The van der Waals surface area contributed by atoms with Gasteiger partial charge in [-0.2, -0.15) is 0 Å². The summed E-state index contributed by atoms with van der Waals surface area (Å²) in [7, 11) is 1.25. The summed E-state index contributed by atoms with van der Waals surface area (Å²) in [6.07, 6.45) is 0. The van der Waals surface area contributed by atoms with Crippen LogP contribution >= 0.6 is 0 Å². The van der Waals surface area contributed by atoms with Crippen molar-refractivity contribution in [3.8, 4) is 0 Å². The second-order valence-corrected chi connectivity index (χ2v) is 6.47. The summed E-state index contributed by atoms with van der Waals surface area (Å²) in [5.41, 5.74) is 0.888. The molecule has 0 aliphatic carbocycles. The lowest BCUT2D eigenvalue weighted by atomic mass is 10.1. The average molecular weight is 400 g/mol. The number of carbonyl (C=O) groups excluding carboxylic acids is 3. The molecule has 1 fully saturated rings. The van der Waals surface area contributed by atoms with Crippen molar-refractivity contribution < 1.29 is 28.2 Å². The molecule has 1 aliphatic heterocycles. The summed E-state index contributed by atoms with van der Waals surface area (Å²) < 4.78 is 23.6. The molecule has 0 radical (unpaired) electrons. The second kappa shape index (κ2) is 9.18. The molecule has 2 aromatic carbocycles. The van der Waals surface area contributed by atoms with E-state index in [0.717, 1.165) is 0 Å². The van der Waals surface area contributed by atoms with E-state index in [-0.39, 0.29) is 22.9 Å². The summed E-state index contributed by atoms with van der Waals surface area (Å²) >= 11 is 0. The van der Waals surface area contributed by atoms with Crippen molar-refractivity contribution in [1.29, 1.82) is 0 Å². The van der Waals surface area contributed by atoms with Crippen molar-refractivity contribution in [1.82, 2.24) is 4.90 Å². The van der Waals surface area contributed by atoms with Gasteiger partial charge in [-0.1, -0.05) is 18.2 Å². The first-order chi connectivity index (χ1) is 14.0. The Morgan fingerprint density at radius 2 is 1.59 bits per heavy atom. The number of methoxy groups -OCH3 is 1. The van der Waals surface area contributed by atoms with Crippen LogP contribution in [0, 0.1) is 5.82 Å². The molecule has 2 aromatic rings. The summed E-state index contributed by atoms with van der Waals surface area (Å²) in [6, 6.07) is 12.4. The first-order valence-electron chi connectivity index (χ1n) is 9.12. The van der Waals surface area contributed by atoms with E-state index in [1.807, 2.05) is 4.90 Å². The minimum absolute atomic E-state index is 0.157. The molecule has 1 amide bonds. The molecule has 152 valence electrons. The molecule has 0 bridgehead atoms. The van der Waals surface area contributed by atoms with Crippen molar-refractivity contribution in [2.75, 3.05) is 44.8 Å². The van der Waals surface area contributed by atoms with Crippen LogP contribution in [0.25, 0.3) is 0 Å². The van der Waals surface area contributed by atoms with E-state index in [0.29, 0.717) is 31.9 Å². The van der Waals surface area contributed by atoms with Gasteiger partial charge in [-0.25, -0.2) is 14.0 Å². The molecule has 7 nitrogen and oxygen atoms in total. The number of carbonyl (C=O) groups is 3. The van der Waals surface area contributed by atoms with Crippen molar-refractivity contribution in [2.45, 2.75) is 0 Å². The molecule has 0 saturated carbocycles. The van der Waals surface area contributed by atoms with Gasteiger partial charge in [0.1, 0.15) is 5.82 Å². The standard InChI is InChI=1S/C21H21FN2O5/c1-28-20(26)15-5-4-6-16(13-15)21(27)29-14-19(25)24-11-9-23(10-12-24)18-8-3-2-7-17(18)22/h2-8,13H,9-12,14H2,1H3. The highest BCUT2D eigenvalue weighted by Gasteiger charge is 2.23. The smallest absolute Gasteiger partial charge is 0.338 e. The van der Waals surface area contributed by atoms with Crippen molar-refractivity contribution >= 4 is 23.5 Å². The number of rotatable bonds is 5. The maximum atomic E-state index is 13.9. The first kappa shape index (κ1) is 20.3. The van der Waals surface area contributed by atoms with Crippen LogP contribution < -0.4 is 4.90 Å². The number of hydrogen-bond donors (Lipinski definition) is 0. The minimum atomic E-state index is -0.700. The topological polar surface area (TPSA) is 76.2 Å². The Balaban J connectivity index is 1.51. The molecule has 1 saturated heterocycles. The number of halogens is 1. The van der Waals surface area contributed by atoms with E-state index >= 15 is 0 Å². The third-order valence-electron chi connectivity index (χ3n) is 4.67. The minimum Gasteiger partial charge on any atom is -0.465 e. The predicted molar refractivity (Wildman–Crippen MR) is 103 cm³/mol. The number of amides is 1. The molecule has 8 heteroatoms. The average Bonchev–Trinajstić information content (AvgIpc) is 2.77. The largest absolute Gasteiger partial charge is 0.465 e. The van der Waals surface area contributed by atoms with Gasteiger partial charge >= 0.3 is 11.9 Å². The lowest BCUT2D eigenvalue weighted by Gasteiger charge is -2.36. The summed E-state index contributed by atoms with van der Waals surface area (Å²) in [5.74, 6) is -1.89. The fourth-order valence-corrected chi connectivity index (χ4v) is 3.10.